The molecule has 1 unspecified atom stereocenters. The maximum Gasteiger partial charge on any atom is 0.140 e. The lowest BCUT2D eigenvalue weighted by Crippen LogP contribution is -2.31. The highest BCUT2D eigenvalue weighted by molar-refractivity contribution is 5.05. The number of aryl methyl sites for hydroxylation is 1. The molecule has 1 atom stereocenters. The van der Waals surface area contributed by atoms with Crippen LogP contribution >= 0.6 is 0 Å². The molecule has 0 amide bonds. The lowest BCUT2D eigenvalue weighted by molar-refractivity contribution is 0.0101. The average Bonchev–Trinajstić information content (AvgIpc) is 2.60. The van der Waals surface area contributed by atoms with Crippen LogP contribution in [0.2, 0.25) is 0 Å². The van der Waals surface area contributed by atoms with Crippen molar-refractivity contribution in [2.45, 2.75) is 31.8 Å². The van der Waals surface area contributed by atoms with Gasteiger partial charge in [0.2, 0.25) is 0 Å². The fourth-order valence-corrected chi connectivity index (χ4v) is 2.53. The molecule has 90 valence electrons. The van der Waals surface area contributed by atoms with Gasteiger partial charge in [0.25, 0.3) is 0 Å². The second kappa shape index (κ2) is 4.55. The molecule has 1 saturated heterocycles. The van der Waals surface area contributed by atoms with Gasteiger partial charge in [-0.3, -0.25) is 0 Å². The van der Waals surface area contributed by atoms with E-state index in [0.29, 0.717) is 0 Å². The van der Waals surface area contributed by atoms with Gasteiger partial charge in [-0.05, 0) is 32.4 Å². The normalized spacial score (nSPS) is 27.9. The fourth-order valence-electron chi connectivity index (χ4n) is 2.53. The molecule has 4 heteroatoms. The topological polar surface area (TPSA) is 41.3 Å². The maximum absolute atomic E-state index is 10.7. The molecule has 2 rings (SSSR count). The Morgan fingerprint density at radius 2 is 2.25 bits per heavy atom. The van der Waals surface area contributed by atoms with Gasteiger partial charge in [0, 0.05) is 26.0 Å². The number of hydrogen-bond donors (Lipinski definition) is 1. The standard InChI is InChI=1S/C12H21N3O/c1-3-15-8-4-5-12(16,6-9-15)11-13-7-10-14(11)2/h7,10,16H,3-6,8-9H2,1-2H3. The molecule has 0 radical (unpaired) electrons. The summed E-state index contributed by atoms with van der Waals surface area (Å²) in [5.74, 6) is 0.811. The Balaban J connectivity index is 2.16. The minimum absolute atomic E-state index is 0.734. The smallest absolute Gasteiger partial charge is 0.140 e. The number of hydrogen-bond acceptors (Lipinski definition) is 3. The van der Waals surface area contributed by atoms with Crippen molar-refractivity contribution >= 4 is 0 Å². The van der Waals surface area contributed by atoms with Crippen molar-refractivity contribution in [2.75, 3.05) is 19.6 Å². The Morgan fingerprint density at radius 1 is 1.44 bits per heavy atom. The van der Waals surface area contributed by atoms with Gasteiger partial charge in [-0.1, -0.05) is 6.92 Å². The fraction of sp³-hybridized carbons (Fsp3) is 0.750. The highest BCUT2D eigenvalue weighted by atomic mass is 16.3. The molecule has 2 heterocycles. The number of likely N-dealkylation sites (tertiary alicyclic amines) is 1. The predicted octanol–water partition coefficient (Wildman–Crippen LogP) is 1.11. The molecule has 4 nitrogen and oxygen atoms in total. The van der Waals surface area contributed by atoms with Gasteiger partial charge in [-0.25, -0.2) is 4.98 Å². The molecule has 1 aliphatic heterocycles. The Morgan fingerprint density at radius 3 is 2.88 bits per heavy atom. The predicted molar refractivity (Wildman–Crippen MR) is 63.1 cm³/mol. The SMILES string of the molecule is CCN1CCCC(O)(c2nccn2C)CC1. The van der Waals surface area contributed by atoms with Crippen LogP contribution in [0.15, 0.2) is 12.4 Å². The summed E-state index contributed by atoms with van der Waals surface area (Å²) in [7, 11) is 1.95. The minimum Gasteiger partial charge on any atom is -0.382 e. The summed E-state index contributed by atoms with van der Waals surface area (Å²) in [6.07, 6.45) is 6.29. The van der Waals surface area contributed by atoms with Gasteiger partial charge in [-0.2, -0.15) is 0 Å². The van der Waals surface area contributed by atoms with Crippen LogP contribution in [0.25, 0.3) is 0 Å². The first kappa shape index (κ1) is 11.6. The molecule has 0 spiro atoms. The first-order valence-corrected chi connectivity index (χ1v) is 6.08. The van der Waals surface area contributed by atoms with E-state index in [1.807, 2.05) is 17.8 Å². The number of aliphatic hydroxyl groups is 1. The van der Waals surface area contributed by atoms with Crippen molar-refractivity contribution in [2.24, 2.45) is 7.05 Å². The van der Waals surface area contributed by atoms with E-state index in [1.54, 1.807) is 6.20 Å². The molecule has 1 N–H and O–H groups in total. The molecule has 0 aliphatic carbocycles. The minimum atomic E-state index is -0.734. The van der Waals surface area contributed by atoms with E-state index in [1.165, 1.54) is 0 Å². The van der Waals surface area contributed by atoms with Gasteiger partial charge in [0.05, 0.1) is 0 Å². The Bertz CT molecular complexity index is 350. The summed E-state index contributed by atoms with van der Waals surface area (Å²) in [5, 5.41) is 10.7. The van der Waals surface area contributed by atoms with Crippen LogP contribution in [-0.4, -0.2) is 39.2 Å². The third-order valence-electron chi connectivity index (χ3n) is 3.59. The van der Waals surface area contributed by atoms with Crippen molar-refractivity contribution in [3.63, 3.8) is 0 Å². The Kier molecular flexibility index (Phi) is 3.30. The summed E-state index contributed by atoms with van der Waals surface area (Å²) >= 11 is 0. The van der Waals surface area contributed by atoms with E-state index in [9.17, 15) is 5.11 Å². The van der Waals surface area contributed by atoms with Gasteiger partial charge >= 0.3 is 0 Å². The molecule has 0 saturated carbocycles. The monoisotopic (exact) mass is 223 g/mol. The van der Waals surface area contributed by atoms with Crippen molar-refractivity contribution in [1.29, 1.82) is 0 Å². The molecule has 0 bridgehead atoms. The van der Waals surface area contributed by atoms with E-state index in [4.69, 9.17) is 0 Å². The first-order valence-electron chi connectivity index (χ1n) is 6.08. The van der Waals surface area contributed by atoms with Crippen LogP contribution in [0.3, 0.4) is 0 Å². The van der Waals surface area contributed by atoms with E-state index in [0.717, 1.165) is 44.7 Å². The quantitative estimate of drug-likeness (QED) is 0.816. The largest absolute Gasteiger partial charge is 0.382 e. The molecule has 1 aromatic heterocycles. The zero-order chi connectivity index (χ0) is 11.6. The van der Waals surface area contributed by atoms with Crippen molar-refractivity contribution in [1.82, 2.24) is 14.5 Å². The van der Waals surface area contributed by atoms with Crippen molar-refractivity contribution < 1.29 is 5.11 Å². The second-order valence-electron chi connectivity index (χ2n) is 4.68. The average molecular weight is 223 g/mol. The number of nitrogens with zero attached hydrogens (tertiary/aromatic N) is 3. The van der Waals surface area contributed by atoms with Gasteiger partial charge in [0.1, 0.15) is 11.4 Å². The van der Waals surface area contributed by atoms with Crippen LogP contribution in [0, 0.1) is 0 Å². The number of imidazole rings is 1. The zero-order valence-corrected chi connectivity index (χ0v) is 10.2. The summed E-state index contributed by atoms with van der Waals surface area (Å²) in [6.45, 7) is 5.28. The maximum atomic E-state index is 10.7. The van der Waals surface area contributed by atoms with E-state index < -0.39 is 5.60 Å². The first-order chi connectivity index (χ1) is 7.65. The molecule has 1 fully saturated rings. The molecule has 16 heavy (non-hydrogen) atoms. The molecule has 0 aromatic carbocycles. The zero-order valence-electron chi connectivity index (χ0n) is 10.2. The second-order valence-corrected chi connectivity index (χ2v) is 4.68. The highest BCUT2D eigenvalue weighted by Gasteiger charge is 2.34. The van der Waals surface area contributed by atoms with Crippen molar-refractivity contribution in [3.8, 4) is 0 Å². The summed E-state index contributed by atoms with van der Waals surface area (Å²) < 4.78 is 1.93. The van der Waals surface area contributed by atoms with Crippen LogP contribution < -0.4 is 0 Å². The van der Waals surface area contributed by atoms with Crippen LogP contribution in [0.5, 0.6) is 0 Å². The van der Waals surface area contributed by atoms with E-state index >= 15 is 0 Å². The number of aromatic nitrogens is 2. The molecular weight excluding hydrogens is 202 g/mol. The van der Waals surface area contributed by atoms with Gasteiger partial charge in [0.15, 0.2) is 0 Å². The van der Waals surface area contributed by atoms with Crippen LogP contribution in [0.1, 0.15) is 32.0 Å². The summed E-state index contributed by atoms with van der Waals surface area (Å²) in [6, 6.07) is 0. The lowest BCUT2D eigenvalue weighted by Gasteiger charge is -2.26. The van der Waals surface area contributed by atoms with E-state index in [2.05, 4.69) is 16.8 Å². The lowest BCUT2D eigenvalue weighted by atomic mass is 9.94. The third kappa shape index (κ3) is 2.13. The molecular formula is C12H21N3O. The van der Waals surface area contributed by atoms with Gasteiger partial charge < -0.3 is 14.6 Å². The third-order valence-corrected chi connectivity index (χ3v) is 3.59. The molecule has 1 aromatic rings. The van der Waals surface area contributed by atoms with E-state index in [-0.39, 0.29) is 0 Å². The van der Waals surface area contributed by atoms with Crippen LogP contribution in [-0.2, 0) is 12.6 Å². The summed E-state index contributed by atoms with van der Waals surface area (Å²) in [4.78, 5) is 6.69. The highest BCUT2D eigenvalue weighted by Crippen LogP contribution is 2.31. The number of rotatable bonds is 2. The van der Waals surface area contributed by atoms with Gasteiger partial charge in [-0.15, -0.1) is 0 Å². The Labute approximate surface area is 96.9 Å². The van der Waals surface area contributed by atoms with Crippen molar-refractivity contribution in [3.05, 3.63) is 18.2 Å². The summed E-state index contributed by atoms with van der Waals surface area (Å²) in [5.41, 5.74) is -0.734. The Hall–Kier alpha value is -0.870. The van der Waals surface area contributed by atoms with Crippen LogP contribution in [0.4, 0.5) is 0 Å². The molecule has 1 aliphatic rings.